The highest BCUT2D eigenvalue weighted by Crippen LogP contribution is 2.31. The zero-order valence-corrected chi connectivity index (χ0v) is 7.28. The summed E-state index contributed by atoms with van der Waals surface area (Å²) in [7, 11) is 1.59. The number of benzene rings is 1. The number of aliphatic hydroxyl groups excluding tert-OH is 1. The minimum atomic E-state index is 0.250. The average Bonchev–Trinajstić information content (AvgIpc) is 2.18. The van der Waals surface area contributed by atoms with Crippen molar-refractivity contribution < 1.29 is 14.6 Å². The maximum absolute atomic E-state index is 9.51. The van der Waals surface area contributed by atoms with Gasteiger partial charge in [-0.3, -0.25) is 0 Å². The summed E-state index contributed by atoms with van der Waals surface area (Å²) in [4.78, 5) is 0. The third-order valence-corrected chi connectivity index (χ3v) is 1.98. The molecule has 0 radical (unpaired) electrons. The van der Waals surface area contributed by atoms with Gasteiger partial charge >= 0.3 is 0 Å². The van der Waals surface area contributed by atoms with Crippen LogP contribution in [-0.4, -0.2) is 18.8 Å². The van der Waals surface area contributed by atoms with Gasteiger partial charge in [0.1, 0.15) is 23.9 Å². The predicted octanol–water partition coefficient (Wildman–Crippen LogP) is 1.99. The molecule has 68 valence electrons. The van der Waals surface area contributed by atoms with Crippen molar-refractivity contribution >= 4 is 5.76 Å². The number of fused-ring (bicyclic) bond motifs is 1. The van der Waals surface area contributed by atoms with E-state index in [1.54, 1.807) is 31.4 Å². The fraction of sp³-hybridized carbons (Fsp3) is 0.200. The van der Waals surface area contributed by atoms with Crippen LogP contribution in [0.5, 0.6) is 11.5 Å². The van der Waals surface area contributed by atoms with Gasteiger partial charge in [0.2, 0.25) is 0 Å². The Labute approximate surface area is 76.2 Å². The molecule has 1 aromatic rings. The molecule has 0 aliphatic carbocycles. The van der Waals surface area contributed by atoms with Crippen molar-refractivity contribution in [3.63, 3.8) is 0 Å². The molecule has 0 fully saturated rings. The molecule has 1 aliphatic heterocycles. The van der Waals surface area contributed by atoms with Crippen LogP contribution in [0.15, 0.2) is 24.3 Å². The van der Waals surface area contributed by atoms with Crippen LogP contribution in [0, 0.1) is 0 Å². The second-order valence-electron chi connectivity index (χ2n) is 2.76. The molecule has 2 rings (SSSR count). The summed E-state index contributed by atoms with van der Waals surface area (Å²) in [6.07, 6.45) is 1.63. The highest BCUT2D eigenvalue weighted by Gasteiger charge is 2.13. The summed E-state index contributed by atoms with van der Waals surface area (Å²) in [5.41, 5.74) is 0.686. The van der Waals surface area contributed by atoms with Crippen LogP contribution in [0.1, 0.15) is 5.56 Å². The van der Waals surface area contributed by atoms with Crippen molar-refractivity contribution in [2.75, 3.05) is 13.7 Å². The maximum Gasteiger partial charge on any atom is 0.130 e. The number of hydrogen-bond donors (Lipinski definition) is 1. The summed E-state index contributed by atoms with van der Waals surface area (Å²) in [6, 6.07) is 5.34. The first-order valence-electron chi connectivity index (χ1n) is 4.01. The van der Waals surface area contributed by atoms with Gasteiger partial charge in [0, 0.05) is 0 Å². The Morgan fingerprint density at radius 3 is 3.08 bits per heavy atom. The SMILES string of the molecule is COc1ccc2c(c1)C(O)=CCO2. The molecule has 3 heteroatoms. The molecule has 0 saturated carbocycles. The molecule has 1 heterocycles. The molecule has 0 amide bonds. The minimum Gasteiger partial charge on any atom is -0.507 e. The first kappa shape index (κ1) is 7.98. The van der Waals surface area contributed by atoms with Crippen LogP contribution >= 0.6 is 0 Å². The topological polar surface area (TPSA) is 38.7 Å². The van der Waals surface area contributed by atoms with Gasteiger partial charge in [-0.2, -0.15) is 0 Å². The number of methoxy groups -OCH3 is 1. The summed E-state index contributed by atoms with van der Waals surface area (Å²) < 4.78 is 10.3. The number of ether oxygens (including phenoxy) is 2. The minimum absolute atomic E-state index is 0.250. The Bertz CT molecular complexity index is 355. The quantitative estimate of drug-likeness (QED) is 0.714. The Hall–Kier alpha value is -1.64. The molecule has 0 atom stereocenters. The zero-order chi connectivity index (χ0) is 9.26. The molecule has 0 unspecified atom stereocenters. The Morgan fingerprint density at radius 1 is 1.46 bits per heavy atom. The standard InChI is InChI=1S/C10H10O3/c1-12-7-2-3-10-8(6-7)9(11)4-5-13-10/h2-4,6,11H,5H2,1H3. The molecule has 1 aliphatic rings. The van der Waals surface area contributed by atoms with Crippen molar-refractivity contribution in [1.82, 2.24) is 0 Å². The smallest absolute Gasteiger partial charge is 0.130 e. The number of rotatable bonds is 1. The summed E-state index contributed by atoms with van der Waals surface area (Å²) in [6.45, 7) is 0.422. The van der Waals surface area contributed by atoms with Crippen LogP contribution in [-0.2, 0) is 0 Å². The van der Waals surface area contributed by atoms with Crippen LogP contribution in [0.3, 0.4) is 0 Å². The summed E-state index contributed by atoms with van der Waals surface area (Å²) in [5.74, 6) is 1.66. The largest absolute Gasteiger partial charge is 0.507 e. The molecule has 0 spiro atoms. The van der Waals surface area contributed by atoms with Crippen LogP contribution in [0.25, 0.3) is 5.76 Å². The van der Waals surface area contributed by atoms with Crippen LogP contribution in [0.2, 0.25) is 0 Å². The molecule has 13 heavy (non-hydrogen) atoms. The zero-order valence-electron chi connectivity index (χ0n) is 7.28. The fourth-order valence-electron chi connectivity index (χ4n) is 1.28. The lowest BCUT2D eigenvalue weighted by Gasteiger charge is -2.15. The third kappa shape index (κ3) is 1.33. The molecular formula is C10H10O3. The van der Waals surface area contributed by atoms with E-state index in [0.29, 0.717) is 23.7 Å². The lowest BCUT2D eigenvalue weighted by atomic mass is 10.1. The van der Waals surface area contributed by atoms with Gasteiger partial charge in [0.05, 0.1) is 12.7 Å². The third-order valence-electron chi connectivity index (χ3n) is 1.98. The van der Waals surface area contributed by atoms with Gasteiger partial charge < -0.3 is 14.6 Å². The lowest BCUT2D eigenvalue weighted by molar-refractivity contribution is 0.343. The van der Waals surface area contributed by atoms with Crippen LogP contribution < -0.4 is 9.47 Å². The van der Waals surface area contributed by atoms with Gasteiger partial charge in [0.15, 0.2) is 0 Å². The Balaban J connectivity index is 2.50. The van der Waals surface area contributed by atoms with Gasteiger partial charge in [-0.05, 0) is 24.3 Å². The molecule has 1 N–H and O–H groups in total. The monoisotopic (exact) mass is 178 g/mol. The molecule has 1 aromatic carbocycles. The molecule has 0 saturated heterocycles. The van der Waals surface area contributed by atoms with E-state index in [-0.39, 0.29) is 5.76 Å². The van der Waals surface area contributed by atoms with Gasteiger partial charge in [-0.25, -0.2) is 0 Å². The number of aliphatic hydroxyl groups is 1. The van der Waals surface area contributed by atoms with Crippen molar-refractivity contribution in [3.05, 3.63) is 29.8 Å². The van der Waals surface area contributed by atoms with E-state index in [0.717, 1.165) is 0 Å². The fourth-order valence-corrected chi connectivity index (χ4v) is 1.28. The van der Waals surface area contributed by atoms with E-state index in [2.05, 4.69) is 0 Å². The van der Waals surface area contributed by atoms with Gasteiger partial charge in [0.25, 0.3) is 0 Å². The molecule has 0 aromatic heterocycles. The van der Waals surface area contributed by atoms with Crippen molar-refractivity contribution in [1.29, 1.82) is 0 Å². The van der Waals surface area contributed by atoms with Gasteiger partial charge in [-0.15, -0.1) is 0 Å². The number of hydrogen-bond acceptors (Lipinski definition) is 3. The van der Waals surface area contributed by atoms with E-state index in [4.69, 9.17) is 9.47 Å². The predicted molar refractivity (Wildman–Crippen MR) is 49.1 cm³/mol. The molecule has 3 nitrogen and oxygen atoms in total. The van der Waals surface area contributed by atoms with Crippen molar-refractivity contribution in [2.45, 2.75) is 0 Å². The Morgan fingerprint density at radius 2 is 2.31 bits per heavy atom. The Kier molecular flexibility index (Phi) is 1.85. The van der Waals surface area contributed by atoms with E-state index < -0.39 is 0 Å². The normalized spacial score (nSPS) is 14.1. The maximum atomic E-state index is 9.51. The summed E-state index contributed by atoms with van der Waals surface area (Å²) in [5, 5.41) is 9.51. The van der Waals surface area contributed by atoms with Gasteiger partial charge in [-0.1, -0.05) is 0 Å². The molecular weight excluding hydrogens is 168 g/mol. The van der Waals surface area contributed by atoms with E-state index in [1.807, 2.05) is 0 Å². The van der Waals surface area contributed by atoms with E-state index >= 15 is 0 Å². The van der Waals surface area contributed by atoms with Crippen molar-refractivity contribution in [2.24, 2.45) is 0 Å². The average molecular weight is 178 g/mol. The van der Waals surface area contributed by atoms with E-state index in [1.165, 1.54) is 0 Å². The second kappa shape index (κ2) is 3.01. The van der Waals surface area contributed by atoms with E-state index in [9.17, 15) is 5.11 Å². The van der Waals surface area contributed by atoms with Crippen LogP contribution in [0.4, 0.5) is 0 Å². The first-order valence-corrected chi connectivity index (χ1v) is 4.01. The first-order chi connectivity index (χ1) is 6.31. The van der Waals surface area contributed by atoms with Crippen molar-refractivity contribution in [3.8, 4) is 11.5 Å². The summed E-state index contributed by atoms with van der Waals surface area (Å²) >= 11 is 0. The highest BCUT2D eigenvalue weighted by atomic mass is 16.5. The molecule has 0 bridgehead atoms. The lowest BCUT2D eigenvalue weighted by Crippen LogP contribution is -2.04. The second-order valence-corrected chi connectivity index (χ2v) is 2.76. The highest BCUT2D eigenvalue weighted by molar-refractivity contribution is 5.67.